The number of nitrogens with one attached hydrogen (secondary N) is 1. The highest BCUT2D eigenvalue weighted by Gasteiger charge is 2.18. The highest BCUT2D eigenvalue weighted by atomic mass is 35.5. The molecule has 0 amide bonds. The zero-order chi connectivity index (χ0) is 14.7. The van der Waals surface area contributed by atoms with E-state index < -0.39 is 0 Å². The molecule has 0 aliphatic heterocycles. The number of hydrogen-bond donors (Lipinski definition) is 1. The molecule has 0 spiro atoms. The van der Waals surface area contributed by atoms with E-state index in [0.717, 1.165) is 28.7 Å². The van der Waals surface area contributed by atoms with E-state index in [4.69, 9.17) is 11.6 Å². The molecule has 0 aliphatic carbocycles. The fraction of sp³-hybridized carbons (Fsp3) is 0.176. The van der Waals surface area contributed by atoms with E-state index in [9.17, 15) is 0 Å². The van der Waals surface area contributed by atoms with Gasteiger partial charge in [0, 0.05) is 17.8 Å². The van der Waals surface area contributed by atoms with Crippen LogP contribution in [0.2, 0.25) is 5.02 Å². The number of hydrogen-bond acceptors (Lipinski definition) is 3. The number of nitrogens with zero attached hydrogens (tertiary/aromatic N) is 2. The van der Waals surface area contributed by atoms with Gasteiger partial charge >= 0.3 is 0 Å². The first kappa shape index (κ1) is 14.0. The van der Waals surface area contributed by atoms with Crippen LogP contribution >= 0.6 is 11.6 Å². The molecule has 2 aromatic heterocycles. The number of pyridine rings is 2. The summed E-state index contributed by atoms with van der Waals surface area (Å²) in [5.41, 5.74) is 2.89. The Morgan fingerprint density at radius 1 is 1.14 bits per heavy atom. The number of aromatic nitrogens is 2. The van der Waals surface area contributed by atoms with Crippen LogP contribution in [0.25, 0.3) is 10.9 Å². The van der Waals surface area contributed by atoms with Gasteiger partial charge in [-0.1, -0.05) is 36.7 Å². The maximum absolute atomic E-state index is 6.30. The predicted octanol–water partition coefficient (Wildman–Crippen LogP) is 3.98. The van der Waals surface area contributed by atoms with Crippen LogP contribution in [0.3, 0.4) is 0 Å². The van der Waals surface area contributed by atoms with Crippen LogP contribution in [0.1, 0.15) is 24.2 Å². The van der Waals surface area contributed by atoms with Crippen LogP contribution < -0.4 is 5.32 Å². The van der Waals surface area contributed by atoms with Gasteiger partial charge in [-0.25, -0.2) is 0 Å². The summed E-state index contributed by atoms with van der Waals surface area (Å²) < 4.78 is 0. The molecule has 2 heterocycles. The molecule has 1 unspecified atom stereocenters. The monoisotopic (exact) mass is 297 g/mol. The zero-order valence-corrected chi connectivity index (χ0v) is 12.5. The van der Waals surface area contributed by atoms with Crippen molar-refractivity contribution in [1.29, 1.82) is 0 Å². The predicted molar refractivity (Wildman–Crippen MR) is 86.5 cm³/mol. The van der Waals surface area contributed by atoms with Gasteiger partial charge < -0.3 is 5.32 Å². The van der Waals surface area contributed by atoms with E-state index in [1.165, 1.54) is 0 Å². The van der Waals surface area contributed by atoms with Crippen molar-refractivity contribution in [2.24, 2.45) is 0 Å². The summed E-state index contributed by atoms with van der Waals surface area (Å²) in [6.45, 7) is 2.89. The van der Waals surface area contributed by atoms with Gasteiger partial charge in [0.2, 0.25) is 0 Å². The van der Waals surface area contributed by atoms with E-state index >= 15 is 0 Å². The van der Waals surface area contributed by atoms with Crippen molar-refractivity contribution in [3.05, 3.63) is 71.1 Å². The zero-order valence-electron chi connectivity index (χ0n) is 11.8. The lowest BCUT2D eigenvalue weighted by molar-refractivity contribution is 0.615. The van der Waals surface area contributed by atoms with Crippen molar-refractivity contribution in [2.45, 2.75) is 13.0 Å². The lowest BCUT2D eigenvalue weighted by Gasteiger charge is -2.19. The minimum atomic E-state index is -0.0548. The van der Waals surface area contributed by atoms with Gasteiger partial charge in [-0.15, -0.1) is 0 Å². The Hall–Kier alpha value is -1.97. The third kappa shape index (κ3) is 2.89. The molecule has 3 nitrogen and oxygen atoms in total. The van der Waals surface area contributed by atoms with Gasteiger partial charge in [0.1, 0.15) is 0 Å². The molecule has 0 saturated carbocycles. The van der Waals surface area contributed by atoms with Gasteiger partial charge in [0.15, 0.2) is 0 Å². The molecule has 1 atom stereocenters. The third-order valence-electron chi connectivity index (χ3n) is 3.41. The molecule has 0 radical (unpaired) electrons. The Balaban J connectivity index is 2.09. The summed E-state index contributed by atoms with van der Waals surface area (Å²) in [5, 5.41) is 5.21. The fourth-order valence-corrected chi connectivity index (χ4v) is 2.66. The quantitative estimate of drug-likeness (QED) is 0.791. The number of halogens is 1. The first-order valence-corrected chi connectivity index (χ1v) is 7.36. The summed E-state index contributed by atoms with van der Waals surface area (Å²) in [5.74, 6) is 0. The summed E-state index contributed by atoms with van der Waals surface area (Å²) in [4.78, 5) is 8.96. The van der Waals surface area contributed by atoms with Crippen molar-refractivity contribution < 1.29 is 0 Å². The van der Waals surface area contributed by atoms with E-state index in [2.05, 4.69) is 34.3 Å². The molecule has 1 aromatic carbocycles. The Kier molecular flexibility index (Phi) is 4.13. The molecular weight excluding hydrogens is 282 g/mol. The number of rotatable bonds is 4. The second-order valence-corrected chi connectivity index (χ2v) is 5.23. The van der Waals surface area contributed by atoms with Gasteiger partial charge in [-0.3, -0.25) is 9.97 Å². The molecule has 3 rings (SSSR count). The number of benzene rings is 1. The molecule has 0 bridgehead atoms. The topological polar surface area (TPSA) is 37.8 Å². The smallest absolute Gasteiger partial charge is 0.0804 e. The molecule has 21 heavy (non-hydrogen) atoms. The standard InChI is InChI=1S/C17H16ClN3/c1-2-19-16(17-14(18)7-5-9-20-17)13-10-12-6-3-4-8-15(12)21-11-13/h3-11,16,19H,2H2,1H3. The van der Waals surface area contributed by atoms with Crippen LogP contribution in [0.5, 0.6) is 0 Å². The maximum Gasteiger partial charge on any atom is 0.0804 e. The second-order valence-electron chi connectivity index (χ2n) is 4.82. The molecule has 1 N–H and O–H groups in total. The van der Waals surface area contributed by atoms with E-state index in [0.29, 0.717) is 5.02 Å². The molecule has 106 valence electrons. The Morgan fingerprint density at radius 2 is 2.00 bits per heavy atom. The Bertz CT molecular complexity index is 758. The summed E-state index contributed by atoms with van der Waals surface area (Å²) in [6.07, 6.45) is 3.65. The fourth-order valence-electron chi connectivity index (χ4n) is 2.43. The van der Waals surface area contributed by atoms with Crippen molar-refractivity contribution >= 4 is 22.5 Å². The van der Waals surface area contributed by atoms with Crippen molar-refractivity contribution in [2.75, 3.05) is 6.54 Å². The van der Waals surface area contributed by atoms with E-state index in [-0.39, 0.29) is 6.04 Å². The molecule has 4 heteroatoms. The second kappa shape index (κ2) is 6.20. The van der Waals surface area contributed by atoms with Crippen molar-refractivity contribution in [3.8, 4) is 0 Å². The van der Waals surface area contributed by atoms with Crippen LogP contribution in [-0.4, -0.2) is 16.5 Å². The molecule has 0 fully saturated rings. The lowest BCUT2D eigenvalue weighted by atomic mass is 10.0. The molecule has 0 saturated heterocycles. The summed E-state index contributed by atoms with van der Waals surface area (Å²) in [7, 11) is 0. The van der Waals surface area contributed by atoms with Gasteiger partial charge in [0.05, 0.1) is 22.3 Å². The summed E-state index contributed by atoms with van der Waals surface area (Å²) >= 11 is 6.30. The van der Waals surface area contributed by atoms with Crippen LogP contribution in [0, 0.1) is 0 Å². The number of para-hydroxylation sites is 1. The third-order valence-corrected chi connectivity index (χ3v) is 3.73. The molecular formula is C17H16ClN3. The average molecular weight is 298 g/mol. The van der Waals surface area contributed by atoms with Gasteiger partial charge in [-0.05, 0) is 36.4 Å². The minimum Gasteiger partial charge on any atom is -0.305 e. The van der Waals surface area contributed by atoms with Crippen molar-refractivity contribution in [1.82, 2.24) is 15.3 Å². The minimum absolute atomic E-state index is 0.0548. The first-order chi connectivity index (χ1) is 10.3. The van der Waals surface area contributed by atoms with Gasteiger partial charge in [0.25, 0.3) is 0 Å². The van der Waals surface area contributed by atoms with Crippen LogP contribution in [0.15, 0.2) is 54.9 Å². The Morgan fingerprint density at radius 3 is 2.81 bits per heavy atom. The van der Waals surface area contributed by atoms with Crippen molar-refractivity contribution in [3.63, 3.8) is 0 Å². The van der Waals surface area contributed by atoms with Gasteiger partial charge in [-0.2, -0.15) is 0 Å². The average Bonchev–Trinajstić information content (AvgIpc) is 2.53. The first-order valence-electron chi connectivity index (χ1n) is 6.98. The SMILES string of the molecule is CCNC(c1cnc2ccccc2c1)c1ncccc1Cl. The van der Waals surface area contributed by atoms with Crippen LogP contribution in [-0.2, 0) is 0 Å². The molecule has 3 aromatic rings. The van der Waals surface area contributed by atoms with Crippen LogP contribution in [0.4, 0.5) is 0 Å². The number of fused-ring (bicyclic) bond motifs is 1. The largest absolute Gasteiger partial charge is 0.305 e. The molecule has 0 aliphatic rings. The lowest BCUT2D eigenvalue weighted by Crippen LogP contribution is -2.23. The normalized spacial score (nSPS) is 12.5. The highest BCUT2D eigenvalue weighted by Crippen LogP contribution is 2.27. The maximum atomic E-state index is 6.30. The van der Waals surface area contributed by atoms with E-state index in [1.54, 1.807) is 6.20 Å². The summed E-state index contributed by atoms with van der Waals surface area (Å²) in [6, 6.07) is 13.9. The highest BCUT2D eigenvalue weighted by molar-refractivity contribution is 6.31. The Labute approximate surface area is 129 Å². The van der Waals surface area contributed by atoms with E-state index in [1.807, 2.05) is 36.5 Å².